The number of aromatic nitrogens is 5. The fourth-order valence-corrected chi connectivity index (χ4v) is 4.32. The molecule has 1 aliphatic heterocycles. The molecule has 0 saturated carbocycles. The van der Waals surface area contributed by atoms with E-state index in [0.29, 0.717) is 23.7 Å². The van der Waals surface area contributed by atoms with E-state index in [0.717, 1.165) is 12.0 Å². The van der Waals surface area contributed by atoms with Gasteiger partial charge in [0, 0.05) is 29.9 Å². The first-order valence-corrected chi connectivity index (χ1v) is 10.9. The van der Waals surface area contributed by atoms with Crippen molar-refractivity contribution in [2.45, 2.75) is 44.6 Å². The monoisotopic (exact) mass is 443 g/mol. The van der Waals surface area contributed by atoms with Crippen LogP contribution in [-0.2, 0) is 13.0 Å². The molecule has 0 radical (unpaired) electrons. The summed E-state index contributed by atoms with van der Waals surface area (Å²) in [5.74, 6) is 1.24. The van der Waals surface area contributed by atoms with Gasteiger partial charge in [0.15, 0.2) is 5.82 Å². The summed E-state index contributed by atoms with van der Waals surface area (Å²) < 4.78 is 9.43. The number of hydrogen-bond donors (Lipinski definition) is 1. The molecule has 0 aliphatic carbocycles. The normalized spacial score (nSPS) is 19.0. The third kappa shape index (κ3) is 3.93. The van der Waals surface area contributed by atoms with Gasteiger partial charge in [-0.15, -0.1) is 5.10 Å². The van der Waals surface area contributed by atoms with Crippen molar-refractivity contribution in [3.05, 3.63) is 94.4 Å². The Labute approximate surface area is 191 Å². The Hall–Kier alpha value is -3.78. The highest BCUT2D eigenvalue weighted by atomic mass is 16.5. The number of fused-ring (bicyclic) bond motifs is 1. The Morgan fingerprint density at radius 2 is 1.85 bits per heavy atom. The number of benzene rings is 2. The van der Waals surface area contributed by atoms with Crippen molar-refractivity contribution in [2.75, 3.05) is 0 Å². The molecule has 4 aromatic rings. The average molecular weight is 444 g/mol. The summed E-state index contributed by atoms with van der Waals surface area (Å²) in [5.41, 5.74) is 1.64. The third-order valence-electron chi connectivity index (χ3n) is 6.11. The van der Waals surface area contributed by atoms with Gasteiger partial charge in [-0.3, -0.25) is 4.79 Å². The Kier molecular flexibility index (Phi) is 5.30. The van der Waals surface area contributed by atoms with Crippen molar-refractivity contribution in [3.8, 4) is 17.1 Å². The van der Waals surface area contributed by atoms with E-state index in [9.17, 15) is 9.90 Å². The molecule has 2 aromatic heterocycles. The molecule has 0 spiro atoms. The maximum absolute atomic E-state index is 12.6. The summed E-state index contributed by atoms with van der Waals surface area (Å²) in [6.45, 7) is 4.26. The van der Waals surface area contributed by atoms with Crippen LogP contribution in [0.4, 0.5) is 0 Å². The van der Waals surface area contributed by atoms with Crippen LogP contribution in [0.5, 0.6) is 5.75 Å². The molecule has 5 rings (SSSR count). The molecule has 0 amide bonds. The topological polar surface area (TPSA) is 95.1 Å². The first kappa shape index (κ1) is 21.1. The van der Waals surface area contributed by atoms with Crippen LogP contribution in [0.2, 0.25) is 0 Å². The second kappa shape index (κ2) is 8.29. The average Bonchev–Trinajstić information content (AvgIpc) is 3.28. The number of nitrogens with zero attached hydrogens (tertiary/aromatic N) is 5. The lowest BCUT2D eigenvalue weighted by atomic mass is 9.85. The number of hydrogen-bond acceptors (Lipinski definition) is 6. The highest BCUT2D eigenvalue weighted by molar-refractivity contribution is 5.60. The van der Waals surface area contributed by atoms with Crippen LogP contribution in [-0.4, -0.2) is 41.6 Å². The summed E-state index contributed by atoms with van der Waals surface area (Å²) in [5, 5.41) is 23.5. The molecule has 8 nitrogen and oxygen atoms in total. The summed E-state index contributed by atoms with van der Waals surface area (Å²) in [4.78, 5) is 12.6. The molecule has 2 unspecified atom stereocenters. The van der Waals surface area contributed by atoms with Gasteiger partial charge in [-0.2, -0.15) is 0 Å². The van der Waals surface area contributed by atoms with Crippen LogP contribution in [0.3, 0.4) is 0 Å². The molecule has 8 heteroatoms. The van der Waals surface area contributed by atoms with Crippen LogP contribution in [0, 0.1) is 0 Å². The van der Waals surface area contributed by atoms with Crippen molar-refractivity contribution in [1.29, 1.82) is 0 Å². The lowest BCUT2D eigenvalue weighted by Crippen LogP contribution is -2.52. The minimum Gasteiger partial charge on any atom is -0.485 e. The minimum atomic E-state index is -0.936. The summed E-state index contributed by atoms with van der Waals surface area (Å²) in [6.07, 6.45) is 1.55. The lowest BCUT2D eigenvalue weighted by Gasteiger charge is -2.42. The van der Waals surface area contributed by atoms with Crippen LogP contribution in [0.1, 0.15) is 31.0 Å². The Balaban J connectivity index is 1.54. The van der Waals surface area contributed by atoms with Crippen LogP contribution in [0.15, 0.2) is 77.7 Å². The number of aliphatic hydroxyl groups is 1. The maximum Gasteiger partial charge on any atom is 0.251 e. The van der Waals surface area contributed by atoms with E-state index in [1.807, 2.05) is 50.2 Å². The van der Waals surface area contributed by atoms with Crippen LogP contribution < -0.4 is 10.3 Å². The van der Waals surface area contributed by atoms with E-state index in [1.165, 1.54) is 11.6 Å². The molecule has 2 aromatic carbocycles. The maximum atomic E-state index is 12.6. The zero-order valence-corrected chi connectivity index (χ0v) is 18.5. The van der Waals surface area contributed by atoms with Gasteiger partial charge in [-0.05, 0) is 60.5 Å². The van der Waals surface area contributed by atoms with E-state index >= 15 is 0 Å². The van der Waals surface area contributed by atoms with Gasteiger partial charge in [0.25, 0.3) is 5.56 Å². The zero-order valence-electron chi connectivity index (χ0n) is 18.5. The largest absolute Gasteiger partial charge is 0.485 e. The molecule has 1 N–H and O–H groups in total. The molecule has 3 heterocycles. The predicted octanol–water partition coefficient (Wildman–Crippen LogP) is 2.87. The number of ether oxygens (including phenoxy) is 1. The predicted molar refractivity (Wildman–Crippen MR) is 123 cm³/mol. The van der Waals surface area contributed by atoms with E-state index in [4.69, 9.17) is 4.74 Å². The van der Waals surface area contributed by atoms with E-state index in [1.54, 1.807) is 27.6 Å². The van der Waals surface area contributed by atoms with E-state index in [-0.39, 0.29) is 5.56 Å². The number of tetrazole rings is 1. The van der Waals surface area contributed by atoms with Gasteiger partial charge in [0.05, 0.1) is 6.04 Å². The SMILES string of the molecule is CC1(C)Oc2ccc(-c3nnnn3CCc3ccccc3)cc2C(n2ccccc2=O)C1O. The van der Waals surface area contributed by atoms with Crippen molar-refractivity contribution < 1.29 is 9.84 Å². The summed E-state index contributed by atoms with van der Waals surface area (Å²) in [6, 6.07) is 20.2. The second-order valence-corrected chi connectivity index (χ2v) is 8.76. The zero-order chi connectivity index (χ0) is 23.0. The molecular weight excluding hydrogens is 418 g/mol. The molecule has 0 bridgehead atoms. The third-order valence-corrected chi connectivity index (χ3v) is 6.11. The Morgan fingerprint density at radius 3 is 2.64 bits per heavy atom. The number of pyridine rings is 1. The number of aliphatic hydroxyl groups excluding tert-OH is 1. The quantitative estimate of drug-likeness (QED) is 0.510. The van der Waals surface area contributed by atoms with Crippen molar-refractivity contribution >= 4 is 0 Å². The van der Waals surface area contributed by atoms with Crippen molar-refractivity contribution in [2.24, 2.45) is 0 Å². The van der Waals surface area contributed by atoms with E-state index < -0.39 is 17.7 Å². The summed E-state index contributed by atoms with van der Waals surface area (Å²) in [7, 11) is 0. The summed E-state index contributed by atoms with van der Waals surface area (Å²) >= 11 is 0. The smallest absolute Gasteiger partial charge is 0.251 e. The van der Waals surface area contributed by atoms with Gasteiger partial charge >= 0.3 is 0 Å². The fourth-order valence-electron chi connectivity index (χ4n) is 4.32. The molecule has 0 saturated heterocycles. The molecule has 168 valence electrons. The molecular formula is C25H25N5O3. The van der Waals surface area contributed by atoms with Crippen molar-refractivity contribution in [3.63, 3.8) is 0 Å². The first-order valence-electron chi connectivity index (χ1n) is 10.9. The minimum absolute atomic E-state index is 0.191. The van der Waals surface area contributed by atoms with Gasteiger partial charge in [-0.25, -0.2) is 4.68 Å². The van der Waals surface area contributed by atoms with Crippen molar-refractivity contribution in [1.82, 2.24) is 24.8 Å². The Morgan fingerprint density at radius 1 is 1.06 bits per heavy atom. The Bertz CT molecular complexity index is 1330. The second-order valence-electron chi connectivity index (χ2n) is 8.76. The molecule has 1 aliphatic rings. The molecule has 2 atom stereocenters. The van der Waals surface area contributed by atoms with Gasteiger partial charge in [-0.1, -0.05) is 36.4 Å². The molecule has 0 fully saturated rings. The first-order chi connectivity index (χ1) is 15.9. The highest BCUT2D eigenvalue weighted by Gasteiger charge is 2.44. The van der Waals surface area contributed by atoms with E-state index in [2.05, 4.69) is 27.7 Å². The van der Waals surface area contributed by atoms with Crippen LogP contribution in [0.25, 0.3) is 11.4 Å². The molecule has 33 heavy (non-hydrogen) atoms. The van der Waals surface area contributed by atoms with Gasteiger partial charge in [0.1, 0.15) is 17.5 Å². The highest BCUT2D eigenvalue weighted by Crippen LogP contribution is 2.42. The van der Waals surface area contributed by atoms with Gasteiger partial charge < -0.3 is 14.4 Å². The lowest BCUT2D eigenvalue weighted by molar-refractivity contribution is -0.0642. The number of aryl methyl sites for hydroxylation is 2. The van der Waals surface area contributed by atoms with Crippen LogP contribution >= 0.6 is 0 Å². The fraction of sp³-hybridized carbons (Fsp3) is 0.280. The van der Waals surface area contributed by atoms with Gasteiger partial charge in [0.2, 0.25) is 0 Å². The number of rotatable bonds is 5. The standard InChI is InChI=1S/C25H25N5O3/c1-25(2)23(32)22(29-14-7-6-10-21(29)31)19-16-18(11-12-20(19)33-25)24-26-27-28-30(24)15-13-17-8-4-3-5-9-17/h3-12,14,16,22-23,32H,13,15H2,1-2H3.